The Labute approximate surface area is 147 Å². The first kappa shape index (κ1) is 18.8. The van der Waals surface area contributed by atoms with Gasteiger partial charge >= 0.3 is 0 Å². The van der Waals surface area contributed by atoms with E-state index in [2.05, 4.69) is 39.8 Å². The third-order valence-corrected chi connectivity index (χ3v) is 4.62. The van der Waals surface area contributed by atoms with Gasteiger partial charge in [0.25, 0.3) is 0 Å². The molecule has 0 aliphatic carbocycles. The van der Waals surface area contributed by atoms with E-state index in [0.717, 1.165) is 43.7 Å². The van der Waals surface area contributed by atoms with Crippen molar-refractivity contribution in [2.24, 2.45) is 0 Å². The van der Waals surface area contributed by atoms with Crippen LogP contribution in [-0.4, -0.2) is 67.6 Å². The molecule has 24 heavy (non-hydrogen) atoms. The number of hydrogen-bond acceptors (Lipinski definition) is 7. The zero-order chi connectivity index (χ0) is 17.4. The lowest BCUT2D eigenvalue weighted by atomic mass is 10.1. The Balaban J connectivity index is 1.92. The van der Waals surface area contributed by atoms with Crippen LogP contribution in [0.2, 0.25) is 0 Å². The minimum Gasteiger partial charge on any atom is -0.394 e. The number of piperazine rings is 1. The van der Waals surface area contributed by atoms with Crippen LogP contribution < -0.4 is 9.62 Å². The van der Waals surface area contributed by atoms with Gasteiger partial charge in [-0.2, -0.15) is 5.26 Å². The molecule has 2 rings (SSSR count). The normalized spacial score (nSPS) is 17.6. The van der Waals surface area contributed by atoms with Gasteiger partial charge in [-0.15, -0.1) is 0 Å². The van der Waals surface area contributed by atoms with Gasteiger partial charge in [0, 0.05) is 38.4 Å². The number of nitrogens with one attached hydrogen (secondary N) is 1. The van der Waals surface area contributed by atoms with Crippen molar-refractivity contribution in [3.8, 4) is 6.07 Å². The average Bonchev–Trinajstić information content (AvgIpc) is 2.62. The van der Waals surface area contributed by atoms with E-state index in [4.69, 9.17) is 5.11 Å². The Kier molecular flexibility index (Phi) is 7.56. The zero-order valence-electron chi connectivity index (χ0n) is 13.9. The summed E-state index contributed by atoms with van der Waals surface area (Å²) in [5.41, 5.74) is 2.16. The summed E-state index contributed by atoms with van der Waals surface area (Å²) in [5, 5.41) is 27.2. The number of likely N-dealkylation sites (N-methyl/N-ethyl adjacent to an activating group) is 1. The molecule has 0 bridgehead atoms. The number of allylic oxidation sites excluding steroid dienone is 1. The number of nitrogens with zero attached hydrogens (tertiary/aromatic N) is 3. The molecule has 7 heteroatoms. The van der Waals surface area contributed by atoms with Crippen molar-refractivity contribution >= 4 is 23.7 Å². The second kappa shape index (κ2) is 9.67. The Morgan fingerprint density at radius 3 is 2.58 bits per heavy atom. The molecule has 1 unspecified atom stereocenters. The average molecular weight is 348 g/mol. The third kappa shape index (κ3) is 5.82. The summed E-state index contributed by atoms with van der Waals surface area (Å²) >= 11 is 1.16. The Morgan fingerprint density at radius 2 is 2.00 bits per heavy atom. The Hall–Kier alpha value is -1.56. The predicted octanol–water partition coefficient (Wildman–Crippen LogP) is 0.894. The number of anilines is 1. The molecule has 6 nitrogen and oxygen atoms in total. The van der Waals surface area contributed by atoms with Crippen LogP contribution in [0.3, 0.4) is 0 Å². The van der Waals surface area contributed by atoms with Crippen molar-refractivity contribution in [1.82, 2.24) is 9.62 Å². The second-order valence-corrected chi connectivity index (χ2v) is 6.72. The maximum Gasteiger partial charge on any atom is 0.107 e. The highest BCUT2D eigenvalue weighted by Gasteiger charge is 2.13. The van der Waals surface area contributed by atoms with Gasteiger partial charge in [-0.3, -0.25) is 4.72 Å². The standard InChI is InChI=1S/C17H24N4O2S/c1-20-6-8-21(9-7-20)15-4-2-14(3-5-15)10-17(11-18)24-19-12-16(23)13-22/h2-5,10,16,19,22-23H,6-9,12-13H2,1H3/b17-10+. The number of aliphatic hydroxyl groups is 2. The van der Waals surface area contributed by atoms with Crippen molar-refractivity contribution in [1.29, 1.82) is 5.26 Å². The maximum absolute atomic E-state index is 9.27. The zero-order valence-corrected chi connectivity index (χ0v) is 14.7. The molecule has 0 radical (unpaired) electrons. The summed E-state index contributed by atoms with van der Waals surface area (Å²) in [5.74, 6) is 0. The van der Waals surface area contributed by atoms with Gasteiger partial charge < -0.3 is 20.0 Å². The molecule has 0 spiro atoms. The van der Waals surface area contributed by atoms with Gasteiger partial charge in [-0.05, 0) is 42.8 Å². The van der Waals surface area contributed by atoms with Crippen molar-refractivity contribution in [2.45, 2.75) is 6.10 Å². The van der Waals surface area contributed by atoms with Crippen LogP contribution >= 0.6 is 11.9 Å². The molecule has 1 aromatic rings. The summed E-state index contributed by atoms with van der Waals surface area (Å²) in [6, 6.07) is 10.3. The fourth-order valence-corrected chi connectivity index (χ4v) is 3.03. The number of aliphatic hydroxyl groups excluding tert-OH is 2. The fourth-order valence-electron chi connectivity index (χ4n) is 2.36. The van der Waals surface area contributed by atoms with Gasteiger partial charge in [-0.1, -0.05) is 12.1 Å². The SMILES string of the molecule is CN1CCN(c2ccc(/C=C(\C#N)SNCC(O)CO)cc2)CC1. The lowest BCUT2D eigenvalue weighted by Gasteiger charge is -2.34. The molecule has 0 amide bonds. The molecule has 1 atom stereocenters. The van der Waals surface area contributed by atoms with Crippen LogP contribution in [0.4, 0.5) is 5.69 Å². The first-order valence-corrected chi connectivity index (χ1v) is 8.78. The third-order valence-electron chi connectivity index (χ3n) is 3.88. The van der Waals surface area contributed by atoms with E-state index < -0.39 is 6.10 Å². The molecule has 0 saturated carbocycles. The highest BCUT2D eigenvalue weighted by atomic mass is 32.2. The van der Waals surface area contributed by atoms with Crippen molar-refractivity contribution < 1.29 is 10.2 Å². The van der Waals surface area contributed by atoms with E-state index in [0.29, 0.717) is 4.91 Å². The van der Waals surface area contributed by atoms with Crippen molar-refractivity contribution in [2.75, 3.05) is 51.3 Å². The van der Waals surface area contributed by atoms with Gasteiger partial charge in [0.15, 0.2) is 0 Å². The molecular formula is C17H24N4O2S. The topological polar surface area (TPSA) is 82.8 Å². The van der Waals surface area contributed by atoms with Crippen LogP contribution in [-0.2, 0) is 0 Å². The van der Waals surface area contributed by atoms with Gasteiger partial charge in [0.1, 0.15) is 11.0 Å². The summed E-state index contributed by atoms with van der Waals surface area (Å²) in [4.78, 5) is 5.20. The Morgan fingerprint density at radius 1 is 1.33 bits per heavy atom. The van der Waals surface area contributed by atoms with Crippen LogP contribution in [0.5, 0.6) is 0 Å². The molecule has 1 saturated heterocycles. The summed E-state index contributed by atoms with van der Waals surface area (Å²) in [6.07, 6.45) is 0.983. The highest BCUT2D eigenvalue weighted by molar-refractivity contribution is 8.01. The fraction of sp³-hybridized carbons (Fsp3) is 0.471. The second-order valence-electron chi connectivity index (χ2n) is 5.79. The van der Waals surface area contributed by atoms with Crippen molar-refractivity contribution in [3.63, 3.8) is 0 Å². The lowest BCUT2D eigenvalue weighted by Crippen LogP contribution is -2.44. The van der Waals surface area contributed by atoms with Gasteiger partial charge in [0.05, 0.1) is 12.7 Å². The molecule has 0 aromatic heterocycles. The number of nitriles is 1. The van der Waals surface area contributed by atoms with E-state index in [-0.39, 0.29) is 13.2 Å². The molecule has 1 aromatic carbocycles. The number of hydrogen-bond donors (Lipinski definition) is 3. The van der Waals surface area contributed by atoms with Crippen LogP contribution in [0, 0.1) is 11.3 Å². The van der Waals surface area contributed by atoms with E-state index >= 15 is 0 Å². The quantitative estimate of drug-likeness (QED) is 0.499. The minimum absolute atomic E-state index is 0.225. The van der Waals surface area contributed by atoms with Gasteiger partial charge in [-0.25, -0.2) is 0 Å². The van der Waals surface area contributed by atoms with Gasteiger partial charge in [0.2, 0.25) is 0 Å². The molecule has 1 fully saturated rings. The first-order chi connectivity index (χ1) is 11.6. The van der Waals surface area contributed by atoms with Crippen LogP contribution in [0.1, 0.15) is 5.56 Å². The van der Waals surface area contributed by atoms with E-state index in [1.165, 1.54) is 5.69 Å². The number of benzene rings is 1. The molecule has 1 aliphatic heterocycles. The Bertz CT molecular complexity index is 577. The summed E-state index contributed by atoms with van der Waals surface area (Å²) < 4.78 is 2.88. The molecule has 130 valence electrons. The molecular weight excluding hydrogens is 324 g/mol. The highest BCUT2D eigenvalue weighted by Crippen LogP contribution is 2.20. The molecule has 1 aliphatic rings. The summed E-state index contributed by atoms with van der Waals surface area (Å²) in [7, 11) is 2.14. The molecule has 1 heterocycles. The smallest absolute Gasteiger partial charge is 0.107 e. The predicted molar refractivity (Wildman–Crippen MR) is 98.4 cm³/mol. The maximum atomic E-state index is 9.27. The largest absolute Gasteiger partial charge is 0.394 e. The minimum atomic E-state index is -0.819. The lowest BCUT2D eigenvalue weighted by molar-refractivity contribution is 0.0994. The summed E-state index contributed by atoms with van der Waals surface area (Å²) in [6.45, 7) is 4.13. The monoisotopic (exact) mass is 348 g/mol. The van der Waals surface area contributed by atoms with E-state index in [9.17, 15) is 10.4 Å². The first-order valence-electron chi connectivity index (χ1n) is 7.96. The van der Waals surface area contributed by atoms with E-state index in [1.54, 1.807) is 6.08 Å². The number of rotatable bonds is 7. The van der Waals surface area contributed by atoms with Crippen LogP contribution in [0.25, 0.3) is 6.08 Å². The van der Waals surface area contributed by atoms with Crippen LogP contribution in [0.15, 0.2) is 29.2 Å². The van der Waals surface area contributed by atoms with E-state index in [1.807, 2.05) is 12.1 Å². The molecule has 3 N–H and O–H groups in total. The van der Waals surface area contributed by atoms with Crippen molar-refractivity contribution in [3.05, 3.63) is 34.7 Å².